The van der Waals surface area contributed by atoms with Gasteiger partial charge in [0.05, 0.1) is 24.6 Å². The van der Waals surface area contributed by atoms with Crippen molar-refractivity contribution >= 4 is 23.4 Å². The molecule has 0 bridgehead atoms. The summed E-state index contributed by atoms with van der Waals surface area (Å²) in [5.74, 6) is 0.806. The molecule has 8 nitrogen and oxygen atoms in total. The van der Waals surface area contributed by atoms with E-state index >= 15 is 0 Å². The minimum atomic E-state index is -0.298. The third-order valence-electron chi connectivity index (χ3n) is 5.64. The Kier molecular flexibility index (Phi) is 6.22. The maximum Gasteiger partial charge on any atom is 0.323 e. The van der Waals surface area contributed by atoms with E-state index < -0.39 is 0 Å². The zero-order chi connectivity index (χ0) is 23.3. The number of aryl methyl sites for hydroxylation is 1. The molecule has 5 rings (SSSR count). The fourth-order valence-electron chi connectivity index (χ4n) is 3.98. The number of anilines is 3. The lowest BCUT2D eigenvalue weighted by atomic mass is 10.1. The summed E-state index contributed by atoms with van der Waals surface area (Å²) in [6.45, 7) is 4.90. The molecule has 2 amide bonds. The van der Waals surface area contributed by atoms with Gasteiger partial charge >= 0.3 is 6.03 Å². The molecule has 1 aliphatic heterocycles. The molecule has 0 spiro atoms. The highest BCUT2D eigenvalue weighted by Crippen LogP contribution is 2.33. The number of carbonyl (C=O) groups excluding carboxylic acids is 1. The fraction of sp³-hybridized carbons (Fsp3) is 0.192. The summed E-state index contributed by atoms with van der Waals surface area (Å²) < 4.78 is 5.49. The number of H-pyrrole nitrogens is 1. The highest BCUT2D eigenvalue weighted by Gasteiger charge is 2.20. The number of rotatable bonds is 5. The van der Waals surface area contributed by atoms with Crippen LogP contribution in [0.4, 0.5) is 22.1 Å². The van der Waals surface area contributed by atoms with Crippen LogP contribution in [-0.2, 0) is 4.74 Å². The van der Waals surface area contributed by atoms with E-state index in [2.05, 4.69) is 25.5 Å². The van der Waals surface area contributed by atoms with Gasteiger partial charge in [0.2, 0.25) is 5.95 Å². The molecule has 0 radical (unpaired) electrons. The minimum Gasteiger partial charge on any atom is -0.378 e. The lowest BCUT2D eigenvalue weighted by Gasteiger charge is -2.26. The van der Waals surface area contributed by atoms with Crippen LogP contribution in [0.5, 0.6) is 0 Å². The first-order chi connectivity index (χ1) is 16.7. The Morgan fingerprint density at radius 2 is 1.65 bits per heavy atom. The van der Waals surface area contributed by atoms with Gasteiger partial charge in [-0.2, -0.15) is 0 Å². The number of amides is 2. The van der Waals surface area contributed by atoms with Gasteiger partial charge in [0, 0.05) is 48.0 Å². The molecule has 2 aromatic carbocycles. The molecular formula is C26H26N6O2. The van der Waals surface area contributed by atoms with E-state index in [1.165, 1.54) is 0 Å². The molecule has 1 aliphatic rings. The summed E-state index contributed by atoms with van der Waals surface area (Å²) in [6.07, 6.45) is 3.53. The number of urea groups is 1. The lowest BCUT2D eigenvalue weighted by Crippen LogP contribution is -2.36. The van der Waals surface area contributed by atoms with Gasteiger partial charge in [-0.15, -0.1) is 0 Å². The molecule has 0 aliphatic carbocycles. The van der Waals surface area contributed by atoms with Crippen molar-refractivity contribution in [1.82, 2.24) is 15.0 Å². The first kappa shape index (κ1) is 21.7. The Morgan fingerprint density at radius 3 is 2.38 bits per heavy atom. The van der Waals surface area contributed by atoms with Crippen molar-refractivity contribution in [2.24, 2.45) is 0 Å². The van der Waals surface area contributed by atoms with Gasteiger partial charge in [0.25, 0.3) is 0 Å². The number of nitrogens with one attached hydrogen (secondary N) is 3. The van der Waals surface area contributed by atoms with Crippen LogP contribution in [-0.4, -0.2) is 47.3 Å². The molecule has 0 unspecified atom stereocenters. The monoisotopic (exact) mass is 454 g/mol. The average Bonchev–Trinajstić information content (AvgIpc) is 3.31. The highest BCUT2D eigenvalue weighted by atomic mass is 16.5. The summed E-state index contributed by atoms with van der Waals surface area (Å²) in [5, 5.41) is 5.80. The number of ether oxygens (including phenoxy) is 1. The molecule has 0 atom stereocenters. The second-order valence-electron chi connectivity index (χ2n) is 8.15. The number of hydrogen-bond acceptors (Lipinski definition) is 5. The van der Waals surface area contributed by atoms with E-state index in [1.54, 1.807) is 12.4 Å². The predicted molar refractivity (Wildman–Crippen MR) is 134 cm³/mol. The van der Waals surface area contributed by atoms with Crippen molar-refractivity contribution in [2.75, 3.05) is 41.8 Å². The Morgan fingerprint density at radius 1 is 0.941 bits per heavy atom. The van der Waals surface area contributed by atoms with Gasteiger partial charge in [-0.3, -0.25) is 4.98 Å². The number of imidazole rings is 1. The van der Waals surface area contributed by atoms with Crippen LogP contribution in [0, 0.1) is 6.92 Å². The van der Waals surface area contributed by atoms with Crippen molar-refractivity contribution in [3.63, 3.8) is 0 Å². The molecule has 34 heavy (non-hydrogen) atoms. The third-order valence-corrected chi connectivity index (χ3v) is 5.64. The molecule has 8 heteroatoms. The zero-order valence-corrected chi connectivity index (χ0v) is 18.9. The first-order valence-electron chi connectivity index (χ1n) is 11.2. The van der Waals surface area contributed by atoms with Crippen LogP contribution < -0.4 is 15.5 Å². The fourth-order valence-corrected chi connectivity index (χ4v) is 3.98. The van der Waals surface area contributed by atoms with E-state index in [0.29, 0.717) is 18.9 Å². The molecular weight excluding hydrogens is 428 g/mol. The predicted octanol–water partition coefficient (Wildman–Crippen LogP) is 4.93. The zero-order valence-electron chi connectivity index (χ0n) is 18.9. The molecule has 1 saturated heterocycles. The van der Waals surface area contributed by atoms with Crippen molar-refractivity contribution in [2.45, 2.75) is 6.92 Å². The van der Waals surface area contributed by atoms with Crippen LogP contribution >= 0.6 is 0 Å². The lowest BCUT2D eigenvalue weighted by molar-refractivity contribution is 0.122. The van der Waals surface area contributed by atoms with Crippen molar-refractivity contribution in [1.29, 1.82) is 0 Å². The van der Waals surface area contributed by atoms with Gasteiger partial charge in [-0.05, 0) is 48.9 Å². The van der Waals surface area contributed by atoms with E-state index in [9.17, 15) is 4.79 Å². The standard InChI is InChI=1S/C26H26N6O2/c1-18-4-2-6-21(16-18)28-26(33)29-22-7-3-5-20(17-22)24-23(19-8-10-27-11-9-19)30-25(31-24)32-12-14-34-15-13-32/h2-11,16-17H,12-15H2,1H3,(H,30,31)(H2,28,29,33). The Labute approximate surface area is 198 Å². The van der Waals surface area contributed by atoms with Gasteiger partial charge in [0.15, 0.2) is 0 Å². The van der Waals surface area contributed by atoms with Crippen LogP contribution in [0.3, 0.4) is 0 Å². The van der Waals surface area contributed by atoms with E-state index in [4.69, 9.17) is 9.72 Å². The van der Waals surface area contributed by atoms with Gasteiger partial charge in [-0.25, -0.2) is 9.78 Å². The quantitative estimate of drug-likeness (QED) is 0.398. The largest absolute Gasteiger partial charge is 0.378 e. The number of aromatic amines is 1. The van der Waals surface area contributed by atoms with Crippen LogP contribution in [0.1, 0.15) is 5.56 Å². The van der Waals surface area contributed by atoms with Crippen LogP contribution in [0.15, 0.2) is 73.1 Å². The number of nitrogens with zero attached hydrogens (tertiary/aromatic N) is 3. The molecule has 3 heterocycles. The summed E-state index contributed by atoms with van der Waals surface area (Å²) in [4.78, 5) is 27.3. The number of hydrogen-bond donors (Lipinski definition) is 3. The maximum atomic E-state index is 12.6. The Hall–Kier alpha value is -4.17. The number of morpholine rings is 1. The Balaban J connectivity index is 1.43. The minimum absolute atomic E-state index is 0.298. The van der Waals surface area contributed by atoms with Crippen molar-refractivity contribution in [3.8, 4) is 22.5 Å². The summed E-state index contributed by atoms with van der Waals surface area (Å²) in [5.41, 5.74) is 6.12. The van der Waals surface area contributed by atoms with Gasteiger partial charge in [-0.1, -0.05) is 24.3 Å². The van der Waals surface area contributed by atoms with E-state index in [0.717, 1.165) is 52.8 Å². The third kappa shape index (κ3) is 4.92. The first-order valence-corrected chi connectivity index (χ1v) is 11.2. The Bertz CT molecular complexity index is 1280. The average molecular weight is 455 g/mol. The second kappa shape index (κ2) is 9.76. The highest BCUT2D eigenvalue weighted by molar-refractivity contribution is 6.00. The molecule has 2 aromatic heterocycles. The van der Waals surface area contributed by atoms with Gasteiger partial charge < -0.3 is 25.3 Å². The summed E-state index contributed by atoms with van der Waals surface area (Å²) in [6, 6.07) is 19.0. The molecule has 4 aromatic rings. The molecule has 3 N–H and O–H groups in total. The van der Waals surface area contributed by atoms with E-state index in [1.807, 2.05) is 67.6 Å². The van der Waals surface area contributed by atoms with E-state index in [-0.39, 0.29) is 6.03 Å². The smallest absolute Gasteiger partial charge is 0.323 e. The molecule has 172 valence electrons. The number of benzene rings is 2. The normalized spacial score (nSPS) is 13.5. The van der Waals surface area contributed by atoms with Crippen LogP contribution in [0.2, 0.25) is 0 Å². The molecule has 0 saturated carbocycles. The number of aromatic nitrogens is 3. The van der Waals surface area contributed by atoms with Gasteiger partial charge in [0.1, 0.15) is 0 Å². The van der Waals surface area contributed by atoms with Crippen LogP contribution in [0.25, 0.3) is 22.5 Å². The summed E-state index contributed by atoms with van der Waals surface area (Å²) >= 11 is 0. The van der Waals surface area contributed by atoms with Crippen molar-refractivity contribution in [3.05, 3.63) is 78.6 Å². The number of carbonyl (C=O) groups is 1. The maximum absolute atomic E-state index is 12.6. The number of pyridine rings is 1. The summed E-state index contributed by atoms with van der Waals surface area (Å²) in [7, 11) is 0. The van der Waals surface area contributed by atoms with Crippen molar-refractivity contribution < 1.29 is 9.53 Å². The molecule has 1 fully saturated rings. The second-order valence-corrected chi connectivity index (χ2v) is 8.15. The SMILES string of the molecule is Cc1cccc(NC(=O)Nc2cccc(-c3nc(N4CCOCC4)[nH]c3-c3ccncc3)c2)c1. The topological polar surface area (TPSA) is 95.2 Å².